The normalized spacial score (nSPS) is 17.7. The van der Waals surface area contributed by atoms with Gasteiger partial charge in [0, 0.05) is 24.6 Å². The van der Waals surface area contributed by atoms with Crippen LogP contribution in [0.2, 0.25) is 0 Å². The lowest BCUT2D eigenvalue weighted by Crippen LogP contribution is -2.38. The van der Waals surface area contributed by atoms with Crippen LogP contribution in [0.5, 0.6) is 0 Å². The summed E-state index contributed by atoms with van der Waals surface area (Å²) in [6.07, 6.45) is 0.961. The molecule has 1 fully saturated rings. The second-order valence-electron chi connectivity index (χ2n) is 6.16. The maximum atomic E-state index is 12.6. The van der Waals surface area contributed by atoms with E-state index in [4.69, 9.17) is 9.84 Å². The first-order chi connectivity index (χ1) is 10.5. The van der Waals surface area contributed by atoms with Gasteiger partial charge in [0.15, 0.2) is 0 Å². The van der Waals surface area contributed by atoms with Crippen LogP contribution < -0.4 is 0 Å². The minimum absolute atomic E-state index is 0.217. The fourth-order valence-corrected chi connectivity index (χ4v) is 2.73. The van der Waals surface area contributed by atoms with Crippen LogP contribution in [0.4, 0.5) is 0 Å². The van der Waals surface area contributed by atoms with E-state index in [-0.39, 0.29) is 18.4 Å². The molecule has 5 nitrogen and oxygen atoms in total. The van der Waals surface area contributed by atoms with Gasteiger partial charge >= 0.3 is 5.97 Å². The number of ether oxygens (including phenoxy) is 1. The van der Waals surface area contributed by atoms with E-state index in [1.54, 1.807) is 6.07 Å². The molecule has 0 aromatic heterocycles. The monoisotopic (exact) mass is 305 g/mol. The summed E-state index contributed by atoms with van der Waals surface area (Å²) in [6, 6.07) is 7.48. The maximum Gasteiger partial charge on any atom is 0.323 e. The Balaban J connectivity index is 2.18. The van der Waals surface area contributed by atoms with Gasteiger partial charge in [0.1, 0.15) is 6.54 Å². The van der Waals surface area contributed by atoms with Gasteiger partial charge in [-0.2, -0.15) is 0 Å². The quantitative estimate of drug-likeness (QED) is 0.876. The van der Waals surface area contributed by atoms with E-state index in [9.17, 15) is 9.59 Å². The van der Waals surface area contributed by atoms with Gasteiger partial charge in [-0.15, -0.1) is 0 Å². The number of benzene rings is 1. The maximum absolute atomic E-state index is 12.6. The fourth-order valence-electron chi connectivity index (χ4n) is 2.73. The molecule has 1 atom stereocenters. The van der Waals surface area contributed by atoms with E-state index in [0.29, 0.717) is 24.6 Å². The van der Waals surface area contributed by atoms with Crippen molar-refractivity contribution in [2.45, 2.75) is 26.2 Å². The fraction of sp³-hybridized carbons (Fsp3) is 0.529. The molecule has 0 spiro atoms. The topological polar surface area (TPSA) is 66.8 Å². The molecular formula is C17H23NO4. The van der Waals surface area contributed by atoms with Crippen LogP contribution in [0.25, 0.3) is 0 Å². The predicted octanol–water partition coefficient (Wildman–Crippen LogP) is 2.37. The molecule has 0 saturated carbocycles. The molecule has 0 bridgehead atoms. The highest BCUT2D eigenvalue weighted by Gasteiger charge is 2.22. The van der Waals surface area contributed by atoms with Crippen LogP contribution >= 0.6 is 0 Å². The first-order valence-corrected chi connectivity index (χ1v) is 7.66. The molecule has 1 saturated heterocycles. The highest BCUT2D eigenvalue weighted by atomic mass is 16.5. The van der Waals surface area contributed by atoms with Crippen molar-refractivity contribution in [3.63, 3.8) is 0 Å². The Labute approximate surface area is 130 Å². The van der Waals surface area contributed by atoms with Crippen molar-refractivity contribution >= 4 is 11.9 Å². The Hall–Kier alpha value is -1.88. The summed E-state index contributed by atoms with van der Waals surface area (Å²) >= 11 is 0. The molecule has 1 heterocycles. The molecule has 1 N–H and O–H groups in total. The zero-order chi connectivity index (χ0) is 16.1. The number of hydrogen-bond donors (Lipinski definition) is 1. The first kappa shape index (κ1) is 16.5. The number of carboxylic acid groups (broad SMARTS) is 1. The SMILES string of the molecule is CC(C)CN(CC(=O)O)C(=O)c1cccc(C2CCOC2)c1. The molecule has 1 aliphatic rings. The molecule has 22 heavy (non-hydrogen) atoms. The smallest absolute Gasteiger partial charge is 0.323 e. The van der Waals surface area contributed by atoms with Crippen LogP contribution in [-0.4, -0.2) is 48.2 Å². The van der Waals surface area contributed by atoms with Crippen molar-refractivity contribution < 1.29 is 19.4 Å². The Bertz CT molecular complexity index is 535. The van der Waals surface area contributed by atoms with Crippen LogP contribution in [0.3, 0.4) is 0 Å². The average Bonchev–Trinajstić information content (AvgIpc) is 2.99. The molecule has 1 amide bonds. The number of carbonyl (C=O) groups excluding carboxylic acids is 1. The summed E-state index contributed by atoms with van der Waals surface area (Å²) in [5, 5.41) is 9.01. The van der Waals surface area contributed by atoms with E-state index in [0.717, 1.165) is 18.6 Å². The molecule has 1 unspecified atom stereocenters. The van der Waals surface area contributed by atoms with Gasteiger partial charge in [0.05, 0.1) is 6.61 Å². The molecule has 120 valence electrons. The lowest BCUT2D eigenvalue weighted by Gasteiger charge is -2.23. The highest BCUT2D eigenvalue weighted by molar-refractivity contribution is 5.96. The Morgan fingerprint density at radius 2 is 2.18 bits per heavy atom. The number of hydrogen-bond acceptors (Lipinski definition) is 3. The summed E-state index contributed by atoms with van der Waals surface area (Å²) in [5.41, 5.74) is 1.63. The largest absolute Gasteiger partial charge is 0.480 e. The number of carbonyl (C=O) groups is 2. The van der Waals surface area contributed by atoms with Gasteiger partial charge in [-0.25, -0.2) is 0 Å². The van der Waals surface area contributed by atoms with Gasteiger partial charge in [0.2, 0.25) is 0 Å². The summed E-state index contributed by atoms with van der Waals surface area (Å²) in [7, 11) is 0. The van der Waals surface area contributed by atoms with Crippen molar-refractivity contribution in [3.05, 3.63) is 35.4 Å². The molecule has 2 rings (SSSR count). The third-order valence-electron chi connectivity index (χ3n) is 3.73. The average molecular weight is 305 g/mol. The van der Waals surface area contributed by atoms with Gasteiger partial charge in [-0.3, -0.25) is 9.59 Å². The van der Waals surface area contributed by atoms with Crippen molar-refractivity contribution in [1.29, 1.82) is 0 Å². The molecule has 0 radical (unpaired) electrons. The van der Waals surface area contributed by atoms with E-state index >= 15 is 0 Å². The van der Waals surface area contributed by atoms with Gasteiger partial charge in [-0.1, -0.05) is 26.0 Å². The number of amides is 1. The Morgan fingerprint density at radius 3 is 2.77 bits per heavy atom. The van der Waals surface area contributed by atoms with E-state index in [1.807, 2.05) is 32.0 Å². The van der Waals surface area contributed by atoms with Gasteiger partial charge in [-0.05, 0) is 30.0 Å². The van der Waals surface area contributed by atoms with E-state index < -0.39 is 5.97 Å². The lowest BCUT2D eigenvalue weighted by molar-refractivity contribution is -0.137. The third-order valence-corrected chi connectivity index (χ3v) is 3.73. The van der Waals surface area contributed by atoms with E-state index in [1.165, 1.54) is 4.90 Å². The Morgan fingerprint density at radius 1 is 1.41 bits per heavy atom. The Kier molecular flexibility index (Phi) is 5.55. The number of nitrogens with zero attached hydrogens (tertiary/aromatic N) is 1. The second-order valence-corrected chi connectivity index (χ2v) is 6.16. The van der Waals surface area contributed by atoms with Crippen molar-refractivity contribution in [3.8, 4) is 0 Å². The number of carboxylic acids is 1. The van der Waals surface area contributed by atoms with Gasteiger partial charge in [0.25, 0.3) is 5.91 Å². The van der Waals surface area contributed by atoms with Crippen LogP contribution in [0.1, 0.15) is 42.1 Å². The van der Waals surface area contributed by atoms with Crippen molar-refractivity contribution in [2.24, 2.45) is 5.92 Å². The van der Waals surface area contributed by atoms with Gasteiger partial charge < -0.3 is 14.7 Å². The zero-order valence-corrected chi connectivity index (χ0v) is 13.1. The van der Waals surface area contributed by atoms with Crippen molar-refractivity contribution in [1.82, 2.24) is 4.90 Å². The summed E-state index contributed by atoms with van der Waals surface area (Å²) in [4.78, 5) is 25.0. The number of rotatable bonds is 6. The van der Waals surface area contributed by atoms with Crippen LogP contribution in [0, 0.1) is 5.92 Å². The molecule has 1 aliphatic heterocycles. The third kappa shape index (κ3) is 4.31. The minimum atomic E-state index is -0.991. The summed E-state index contributed by atoms with van der Waals surface area (Å²) in [5.74, 6) is -0.674. The number of aliphatic carboxylic acids is 1. The second kappa shape index (κ2) is 7.40. The summed E-state index contributed by atoms with van der Waals surface area (Å²) < 4.78 is 5.39. The van der Waals surface area contributed by atoms with Crippen LogP contribution in [-0.2, 0) is 9.53 Å². The molecule has 0 aliphatic carbocycles. The van der Waals surface area contributed by atoms with Crippen LogP contribution in [0.15, 0.2) is 24.3 Å². The minimum Gasteiger partial charge on any atom is -0.480 e. The molecule has 1 aromatic rings. The van der Waals surface area contributed by atoms with Crippen molar-refractivity contribution in [2.75, 3.05) is 26.3 Å². The zero-order valence-electron chi connectivity index (χ0n) is 13.1. The molecule has 5 heteroatoms. The summed E-state index contributed by atoms with van der Waals surface area (Å²) in [6.45, 7) is 5.53. The first-order valence-electron chi connectivity index (χ1n) is 7.66. The highest BCUT2D eigenvalue weighted by Crippen LogP contribution is 2.26. The predicted molar refractivity (Wildman–Crippen MR) is 83.0 cm³/mol. The lowest BCUT2D eigenvalue weighted by atomic mass is 9.96. The molecule has 1 aromatic carbocycles. The molecular weight excluding hydrogens is 282 g/mol. The van der Waals surface area contributed by atoms with E-state index in [2.05, 4.69) is 0 Å². The standard InChI is InChI=1S/C17H23NO4/c1-12(2)9-18(10-16(19)20)17(21)14-5-3-4-13(8-14)15-6-7-22-11-15/h3-5,8,12,15H,6-7,9-11H2,1-2H3,(H,19,20).